The molecule has 0 unspecified atom stereocenters. The number of carbonyl (C=O) groups is 1. The molecule has 2 aromatic carbocycles. The number of benzene rings is 2. The molecule has 2 heterocycles. The van der Waals surface area contributed by atoms with Crippen LogP contribution >= 0.6 is 0 Å². The van der Waals surface area contributed by atoms with Crippen molar-refractivity contribution in [3.63, 3.8) is 0 Å². The number of morpholine rings is 1. The van der Waals surface area contributed by atoms with E-state index in [2.05, 4.69) is 10.2 Å². The van der Waals surface area contributed by atoms with Gasteiger partial charge in [-0.3, -0.25) is 9.59 Å². The quantitative estimate of drug-likeness (QED) is 0.687. The van der Waals surface area contributed by atoms with Crippen molar-refractivity contribution in [2.75, 3.05) is 31.2 Å². The Morgan fingerprint density at radius 3 is 2.30 bits per heavy atom. The van der Waals surface area contributed by atoms with Crippen molar-refractivity contribution in [2.24, 2.45) is 0 Å². The van der Waals surface area contributed by atoms with Crippen LogP contribution in [0.25, 0.3) is 0 Å². The van der Waals surface area contributed by atoms with Gasteiger partial charge in [0.15, 0.2) is 0 Å². The van der Waals surface area contributed by atoms with Gasteiger partial charge in [-0.2, -0.15) is 0 Å². The fraction of sp³-hybridized carbons (Fsp3) is 0.250. The summed E-state index contributed by atoms with van der Waals surface area (Å²) < 4.78 is 7.04. The average molecular weight is 403 g/mol. The van der Waals surface area contributed by atoms with Gasteiger partial charge in [0.1, 0.15) is 0 Å². The first kappa shape index (κ1) is 19.9. The Morgan fingerprint density at radius 1 is 0.900 bits per heavy atom. The van der Waals surface area contributed by atoms with Crippen molar-refractivity contribution in [1.82, 2.24) is 9.88 Å². The summed E-state index contributed by atoms with van der Waals surface area (Å²) in [7, 11) is 0. The minimum Gasteiger partial charge on any atom is -0.378 e. The lowest BCUT2D eigenvalue weighted by Gasteiger charge is -2.28. The molecule has 1 fully saturated rings. The average Bonchev–Trinajstić information content (AvgIpc) is 2.80. The van der Waals surface area contributed by atoms with Crippen molar-refractivity contribution in [3.8, 4) is 0 Å². The molecule has 1 aliphatic heterocycles. The van der Waals surface area contributed by atoms with Crippen LogP contribution in [-0.4, -0.2) is 36.8 Å². The number of anilines is 1. The maximum atomic E-state index is 12.5. The van der Waals surface area contributed by atoms with E-state index in [1.54, 1.807) is 22.9 Å². The first-order chi connectivity index (χ1) is 14.7. The molecule has 3 aromatic rings. The van der Waals surface area contributed by atoms with E-state index >= 15 is 0 Å². The van der Waals surface area contributed by atoms with Crippen LogP contribution in [0.3, 0.4) is 0 Å². The molecule has 6 nitrogen and oxygen atoms in total. The maximum absolute atomic E-state index is 12.5. The van der Waals surface area contributed by atoms with Crippen molar-refractivity contribution in [1.29, 1.82) is 0 Å². The molecular formula is C24H25N3O3. The highest BCUT2D eigenvalue weighted by molar-refractivity contribution is 5.94. The number of hydrogen-bond acceptors (Lipinski definition) is 4. The summed E-state index contributed by atoms with van der Waals surface area (Å²) >= 11 is 0. The third-order valence-corrected chi connectivity index (χ3v) is 5.23. The van der Waals surface area contributed by atoms with E-state index < -0.39 is 0 Å². The molecule has 1 N–H and O–H groups in total. The molecule has 0 aliphatic carbocycles. The van der Waals surface area contributed by atoms with Gasteiger partial charge in [-0.15, -0.1) is 0 Å². The number of carbonyl (C=O) groups excluding carboxylic acids is 1. The first-order valence-corrected chi connectivity index (χ1v) is 10.1. The van der Waals surface area contributed by atoms with Crippen molar-refractivity contribution >= 4 is 11.6 Å². The Morgan fingerprint density at radius 2 is 1.60 bits per heavy atom. The van der Waals surface area contributed by atoms with Gasteiger partial charge in [-0.05, 0) is 41.5 Å². The molecule has 1 aliphatic rings. The SMILES string of the molecule is O=C(NCc1ccc(Cn2ccccc2=O)cc1)c1ccc(N2CCOCC2)cc1. The number of rotatable bonds is 6. The topological polar surface area (TPSA) is 63.6 Å². The molecule has 0 radical (unpaired) electrons. The van der Waals surface area contributed by atoms with Crippen LogP contribution in [-0.2, 0) is 17.8 Å². The van der Waals surface area contributed by atoms with Gasteiger partial charge in [0.2, 0.25) is 0 Å². The number of hydrogen-bond donors (Lipinski definition) is 1. The monoisotopic (exact) mass is 403 g/mol. The van der Waals surface area contributed by atoms with Gasteiger partial charge in [0.25, 0.3) is 11.5 Å². The second-order valence-corrected chi connectivity index (χ2v) is 7.31. The van der Waals surface area contributed by atoms with Crippen LogP contribution in [0.2, 0.25) is 0 Å². The van der Waals surface area contributed by atoms with Gasteiger partial charge in [0.05, 0.1) is 19.8 Å². The second kappa shape index (κ2) is 9.41. The lowest BCUT2D eigenvalue weighted by atomic mass is 10.1. The fourth-order valence-corrected chi connectivity index (χ4v) is 3.48. The molecule has 1 aromatic heterocycles. The van der Waals surface area contributed by atoms with Gasteiger partial charge < -0.3 is 19.5 Å². The van der Waals surface area contributed by atoms with E-state index in [1.165, 1.54) is 0 Å². The smallest absolute Gasteiger partial charge is 0.251 e. The number of ether oxygens (including phenoxy) is 1. The first-order valence-electron chi connectivity index (χ1n) is 10.1. The van der Waals surface area contributed by atoms with Gasteiger partial charge in [-0.25, -0.2) is 0 Å². The van der Waals surface area contributed by atoms with E-state index in [9.17, 15) is 9.59 Å². The van der Waals surface area contributed by atoms with Gasteiger partial charge in [0, 0.05) is 43.1 Å². The highest BCUT2D eigenvalue weighted by atomic mass is 16.5. The normalized spacial score (nSPS) is 13.8. The van der Waals surface area contributed by atoms with E-state index in [4.69, 9.17) is 4.74 Å². The Balaban J connectivity index is 1.31. The zero-order valence-corrected chi connectivity index (χ0v) is 16.8. The van der Waals surface area contributed by atoms with E-state index in [1.807, 2.05) is 54.6 Å². The number of pyridine rings is 1. The lowest BCUT2D eigenvalue weighted by molar-refractivity contribution is 0.0951. The summed E-state index contributed by atoms with van der Waals surface area (Å²) in [6.45, 7) is 4.21. The van der Waals surface area contributed by atoms with Crippen molar-refractivity contribution in [2.45, 2.75) is 13.1 Å². The molecule has 0 atom stereocenters. The third-order valence-electron chi connectivity index (χ3n) is 5.23. The Hall–Kier alpha value is -3.38. The van der Waals surface area contributed by atoms with E-state index in [-0.39, 0.29) is 11.5 Å². The number of amides is 1. The summed E-state index contributed by atoms with van der Waals surface area (Å²) in [5, 5.41) is 2.96. The molecule has 4 rings (SSSR count). The van der Waals surface area contributed by atoms with Gasteiger partial charge >= 0.3 is 0 Å². The number of nitrogens with zero attached hydrogens (tertiary/aromatic N) is 2. The summed E-state index contributed by atoms with van der Waals surface area (Å²) in [6.07, 6.45) is 1.78. The molecule has 6 heteroatoms. The van der Waals surface area contributed by atoms with Crippen LogP contribution in [0, 0.1) is 0 Å². The van der Waals surface area contributed by atoms with Crippen LogP contribution in [0.4, 0.5) is 5.69 Å². The molecule has 30 heavy (non-hydrogen) atoms. The zero-order valence-electron chi connectivity index (χ0n) is 16.8. The largest absolute Gasteiger partial charge is 0.378 e. The highest BCUT2D eigenvalue weighted by Gasteiger charge is 2.12. The van der Waals surface area contributed by atoms with Crippen LogP contribution < -0.4 is 15.8 Å². The number of aromatic nitrogens is 1. The van der Waals surface area contributed by atoms with Crippen LogP contribution in [0.1, 0.15) is 21.5 Å². The van der Waals surface area contributed by atoms with Crippen LogP contribution in [0.5, 0.6) is 0 Å². The van der Waals surface area contributed by atoms with E-state index in [0.29, 0.717) is 18.7 Å². The Kier molecular flexibility index (Phi) is 6.25. The predicted octanol–water partition coefficient (Wildman–Crippen LogP) is 2.66. The maximum Gasteiger partial charge on any atom is 0.251 e. The van der Waals surface area contributed by atoms with Gasteiger partial charge in [-0.1, -0.05) is 30.3 Å². The fourth-order valence-electron chi connectivity index (χ4n) is 3.48. The minimum absolute atomic E-state index is 0.0199. The third kappa shape index (κ3) is 4.96. The Labute approximate surface area is 175 Å². The minimum atomic E-state index is -0.0940. The van der Waals surface area contributed by atoms with Crippen molar-refractivity contribution < 1.29 is 9.53 Å². The summed E-state index contributed by atoms with van der Waals surface area (Å²) in [6, 6.07) is 20.8. The summed E-state index contributed by atoms with van der Waals surface area (Å²) in [4.78, 5) is 26.5. The lowest BCUT2D eigenvalue weighted by Crippen LogP contribution is -2.36. The van der Waals surface area contributed by atoms with Crippen LogP contribution in [0.15, 0.2) is 77.7 Å². The standard InChI is InChI=1S/C24H25N3O3/c28-23-3-1-2-12-27(23)18-20-6-4-19(5-7-20)17-25-24(29)21-8-10-22(11-9-21)26-13-15-30-16-14-26/h1-12H,13-18H2,(H,25,29). The number of nitrogens with one attached hydrogen (secondary N) is 1. The summed E-state index contributed by atoms with van der Waals surface area (Å²) in [5.41, 5.74) is 3.79. The zero-order chi connectivity index (χ0) is 20.8. The molecule has 1 amide bonds. The molecule has 0 saturated carbocycles. The van der Waals surface area contributed by atoms with E-state index in [0.717, 1.165) is 43.1 Å². The molecule has 0 spiro atoms. The molecule has 154 valence electrons. The molecular weight excluding hydrogens is 378 g/mol. The second-order valence-electron chi connectivity index (χ2n) is 7.31. The molecule has 1 saturated heterocycles. The highest BCUT2D eigenvalue weighted by Crippen LogP contribution is 2.16. The summed E-state index contributed by atoms with van der Waals surface area (Å²) in [5.74, 6) is -0.0940. The van der Waals surface area contributed by atoms with Crippen molar-refractivity contribution in [3.05, 3.63) is 100.0 Å². The predicted molar refractivity (Wildman–Crippen MR) is 117 cm³/mol. The Bertz CT molecular complexity index is 1040. The molecule has 0 bridgehead atoms.